The number of amides is 1. The summed E-state index contributed by atoms with van der Waals surface area (Å²) in [6.45, 7) is 1.91. The Morgan fingerprint density at radius 1 is 1.19 bits per heavy atom. The lowest BCUT2D eigenvalue weighted by atomic mass is 10.2. The normalized spacial score (nSPS) is 10.6. The van der Waals surface area contributed by atoms with Gasteiger partial charge in [0.25, 0.3) is 5.91 Å². The molecule has 108 valence electrons. The highest BCUT2D eigenvalue weighted by Gasteiger charge is 2.01. The fourth-order valence-corrected chi connectivity index (χ4v) is 1.67. The summed E-state index contributed by atoms with van der Waals surface area (Å²) in [5.74, 6) is 0.255. The number of hydrogen-bond donors (Lipinski definition) is 1. The number of rotatable bonds is 5. The number of nitrogens with one attached hydrogen (secondary N) is 1. The van der Waals surface area contributed by atoms with Crippen molar-refractivity contribution in [1.29, 1.82) is 0 Å². The summed E-state index contributed by atoms with van der Waals surface area (Å²) >= 11 is 5.76. The van der Waals surface area contributed by atoms with Crippen LogP contribution >= 0.6 is 11.6 Å². The molecule has 1 N–H and O–H groups in total. The Morgan fingerprint density at radius 3 is 2.52 bits per heavy atom. The lowest BCUT2D eigenvalue weighted by molar-refractivity contribution is -0.123. The molecule has 0 bridgehead atoms. The van der Waals surface area contributed by atoms with Crippen molar-refractivity contribution in [3.8, 4) is 5.75 Å². The fraction of sp³-hybridized carbons (Fsp3) is 0.125. The van der Waals surface area contributed by atoms with Gasteiger partial charge >= 0.3 is 0 Å². The molecule has 0 aromatic heterocycles. The maximum absolute atomic E-state index is 11.6. The Labute approximate surface area is 128 Å². The summed E-state index contributed by atoms with van der Waals surface area (Å²) < 4.78 is 5.30. The summed E-state index contributed by atoms with van der Waals surface area (Å²) in [5, 5.41) is 4.49. The van der Waals surface area contributed by atoms with Crippen molar-refractivity contribution in [1.82, 2.24) is 5.43 Å². The SMILES string of the molecule is Cc1ccc(/C=N\NC(=O)COc2ccc(Cl)cc2)cc1. The topological polar surface area (TPSA) is 50.7 Å². The molecule has 5 heteroatoms. The number of carbonyl (C=O) groups is 1. The van der Waals surface area contributed by atoms with Crippen LogP contribution in [0.2, 0.25) is 5.02 Å². The number of aryl methyl sites for hydroxylation is 1. The van der Waals surface area contributed by atoms with Crippen molar-refractivity contribution < 1.29 is 9.53 Å². The van der Waals surface area contributed by atoms with Crippen molar-refractivity contribution in [3.05, 3.63) is 64.7 Å². The highest BCUT2D eigenvalue weighted by molar-refractivity contribution is 6.30. The molecular formula is C16H15ClN2O2. The second kappa shape index (κ2) is 7.45. The molecule has 4 nitrogen and oxygen atoms in total. The number of nitrogens with zero attached hydrogens (tertiary/aromatic N) is 1. The van der Waals surface area contributed by atoms with E-state index in [1.54, 1.807) is 30.5 Å². The van der Waals surface area contributed by atoms with Gasteiger partial charge in [0.2, 0.25) is 0 Å². The number of hydrazone groups is 1. The Kier molecular flexibility index (Phi) is 5.35. The minimum Gasteiger partial charge on any atom is -0.484 e. The first kappa shape index (κ1) is 15.1. The van der Waals surface area contributed by atoms with Gasteiger partial charge in [-0.3, -0.25) is 4.79 Å². The maximum Gasteiger partial charge on any atom is 0.277 e. The van der Waals surface area contributed by atoms with Gasteiger partial charge in [-0.2, -0.15) is 5.10 Å². The Bertz CT molecular complexity index is 622. The molecule has 1 amide bonds. The zero-order valence-corrected chi connectivity index (χ0v) is 12.3. The van der Waals surface area contributed by atoms with Crippen LogP contribution in [0.3, 0.4) is 0 Å². The van der Waals surface area contributed by atoms with Gasteiger partial charge in [-0.1, -0.05) is 41.4 Å². The lowest BCUT2D eigenvalue weighted by Crippen LogP contribution is -2.24. The van der Waals surface area contributed by atoms with Gasteiger partial charge in [-0.15, -0.1) is 0 Å². The van der Waals surface area contributed by atoms with Crippen LogP contribution in [0, 0.1) is 6.92 Å². The minimum absolute atomic E-state index is 0.104. The molecule has 0 heterocycles. The molecule has 0 aliphatic carbocycles. The fourth-order valence-electron chi connectivity index (χ4n) is 1.54. The zero-order valence-electron chi connectivity index (χ0n) is 11.5. The van der Waals surface area contributed by atoms with Gasteiger partial charge in [-0.05, 0) is 36.8 Å². The van der Waals surface area contributed by atoms with Gasteiger partial charge < -0.3 is 4.74 Å². The quantitative estimate of drug-likeness (QED) is 0.681. The third-order valence-corrected chi connectivity index (χ3v) is 2.92. The van der Waals surface area contributed by atoms with E-state index in [2.05, 4.69) is 10.5 Å². The van der Waals surface area contributed by atoms with Crippen molar-refractivity contribution >= 4 is 23.7 Å². The highest BCUT2D eigenvalue weighted by Crippen LogP contribution is 2.15. The molecule has 0 unspecified atom stereocenters. The van der Waals surface area contributed by atoms with Gasteiger partial charge in [-0.25, -0.2) is 5.43 Å². The van der Waals surface area contributed by atoms with E-state index in [-0.39, 0.29) is 12.5 Å². The Hall–Kier alpha value is -2.33. The van der Waals surface area contributed by atoms with E-state index in [0.717, 1.165) is 5.56 Å². The van der Waals surface area contributed by atoms with E-state index in [0.29, 0.717) is 10.8 Å². The van der Waals surface area contributed by atoms with E-state index in [4.69, 9.17) is 16.3 Å². The minimum atomic E-state index is -0.326. The van der Waals surface area contributed by atoms with Gasteiger partial charge in [0, 0.05) is 5.02 Å². The maximum atomic E-state index is 11.6. The molecule has 0 saturated heterocycles. The van der Waals surface area contributed by atoms with Crippen LogP contribution in [0.5, 0.6) is 5.75 Å². The molecule has 0 atom stereocenters. The summed E-state index contributed by atoms with van der Waals surface area (Å²) in [6.07, 6.45) is 1.58. The van der Waals surface area contributed by atoms with Crippen molar-refractivity contribution in [2.45, 2.75) is 6.92 Å². The van der Waals surface area contributed by atoms with E-state index >= 15 is 0 Å². The Balaban J connectivity index is 1.77. The van der Waals surface area contributed by atoms with Crippen molar-refractivity contribution in [2.75, 3.05) is 6.61 Å². The van der Waals surface area contributed by atoms with Crippen LogP contribution in [0.1, 0.15) is 11.1 Å². The molecule has 21 heavy (non-hydrogen) atoms. The van der Waals surface area contributed by atoms with Crippen LogP contribution in [-0.2, 0) is 4.79 Å². The van der Waals surface area contributed by atoms with Gasteiger partial charge in [0.15, 0.2) is 6.61 Å². The van der Waals surface area contributed by atoms with E-state index in [1.807, 2.05) is 31.2 Å². The molecular weight excluding hydrogens is 288 g/mol. The third-order valence-electron chi connectivity index (χ3n) is 2.66. The van der Waals surface area contributed by atoms with Crippen LogP contribution < -0.4 is 10.2 Å². The van der Waals surface area contributed by atoms with E-state index in [9.17, 15) is 4.79 Å². The number of carbonyl (C=O) groups excluding carboxylic acids is 1. The van der Waals surface area contributed by atoms with Crippen LogP contribution in [-0.4, -0.2) is 18.7 Å². The Morgan fingerprint density at radius 2 is 1.86 bits per heavy atom. The van der Waals surface area contributed by atoms with Gasteiger partial charge in [0.1, 0.15) is 5.75 Å². The lowest BCUT2D eigenvalue weighted by Gasteiger charge is -2.04. The molecule has 0 spiro atoms. The summed E-state index contributed by atoms with van der Waals surface area (Å²) in [7, 11) is 0. The van der Waals surface area contributed by atoms with Crippen LogP contribution in [0.4, 0.5) is 0 Å². The van der Waals surface area contributed by atoms with E-state index < -0.39 is 0 Å². The number of hydrogen-bond acceptors (Lipinski definition) is 3. The van der Waals surface area contributed by atoms with Crippen molar-refractivity contribution in [3.63, 3.8) is 0 Å². The zero-order chi connectivity index (χ0) is 15.1. The number of ether oxygens (including phenoxy) is 1. The predicted octanol–water partition coefficient (Wildman–Crippen LogP) is 3.18. The monoisotopic (exact) mass is 302 g/mol. The standard InChI is InChI=1S/C16H15ClN2O2/c1-12-2-4-13(5-3-12)10-18-19-16(20)11-21-15-8-6-14(17)7-9-15/h2-10H,11H2,1H3,(H,19,20)/b18-10-. The molecule has 0 aliphatic rings. The largest absolute Gasteiger partial charge is 0.484 e. The van der Waals surface area contributed by atoms with Gasteiger partial charge in [0.05, 0.1) is 6.21 Å². The molecule has 0 aliphatic heterocycles. The average molecular weight is 303 g/mol. The molecule has 0 fully saturated rings. The molecule has 0 radical (unpaired) electrons. The first-order valence-electron chi connectivity index (χ1n) is 6.40. The summed E-state index contributed by atoms with van der Waals surface area (Å²) in [6, 6.07) is 14.6. The van der Waals surface area contributed by atoms with Crippen LogP contribution in [0.25, 0.3) is 0 Å². The highest BCUT2D eigenvalue weighted by atomic mass is 35.5. The van der Waals surface area contributed by atoms with E-state index in [1.165, 1.54) is 5.56 Å². The summed E-state index contributed by atoms with van der Waals surface area (Å²) in [4.78, 5) is 11.6. The van der Waals surface area contributed by atoms with Crippen molar-refractivity contribution in [2.24, 2.45) is 5.10 Å². The predicted molar refractivity (Wildman–Crippen MR) is 83.9 cm³/mol. The first-order chi connectivity index (χ1) is 10.1. The molecule has 2 aromatic rings. The van der Waals surface area contributed by atoms with Crippen LogP contribution in [0.15, 0.2) is 53.6 Å². The second-order valence-corrected chi connectivity index (χ2v) is 4.88. The third kappa shape index (κ3) is 5.28. The smallest absolute Gasteiger partial charge is 0.277 e. The number of halogens is 1. The molecule has 2 aromatic carbocycles. The average Bonchev–Trinajstić information content (AvgIpc) is 2.49. The molecule has 2 rings (SSSR count). The molecule has 0 saturated carbocycles. The second-order valence-electron chi connectivity index (χ2n) is 4.45. The first-order valence-corrected chi connectivity index (χ1v) is 6.78. The summed E-state index contributed by atoms with van der Waals surface area (Å²) in [5.41, 5.74) is 4.50. The number of benzene rings is 2.